The van der Waals surface area contributed by atoms with Gasteiger partial charge < -0.3 is 9.13 Å². The van der Waals surface area contributed by atoms with E-state index in [0.29, 0.717) is 5.82 Å². The molecule has 0 amide bonds. The van der Waals surface area contributed by atoms with E-state index in [4.69, 9.17) is 9.97 Å². The van der Waals surface area contributed by atoms with Crippen molar-refractivity contribution in [3.05, 3.63) is 252 Å². The van der Waals surface area contributed by atoms with Gasteiger partial charge in [0.15, 0.2) is 5.82 Å². The van der Waals surface area contributed by atoms with Crippen molar-refractivity contribution in [3.8, 4) is 78.7 Å². The van der Waals surface area contributed by atoms with Crippen LogP contribution >= 0.6 is 0 Å². The van der Waals surface area contributed by atoms with Crippen molar-refractivity contribution >= 4 is 43.6 Å². The highest BCUT2D eigenvalue weighted by Gasteiger charge is 2.23. The molecule has 4 heteroatoms. The number of aromatic nitrogens is 4. The second kappa shape index (κ2) is 17.9. The maximum Gasteiger partial charge on any atom is 0.160 e. The molecule has 0 aliphatic heterocycles. The molecule has 0 fully saturated rings. The second-order valence-electron chi connectivity index (χ2n) is 20.2. The Kier molecular flexibility index (Phi) is 10.8. The lowest BCUT2D eigenvalue weighted by Gasteiger charge is -2.20. The third-order valence-electron chi connectivity index (χ3n) is 15.1. The number of rotatable bonds is 8. The molecule has 13 aromatic rings. The van der Waals surface area contributed by atoms with Gasteiger partial charge in [-0.1, -0.05) is 163 Å². The Bertz CT molecular complexity index is 4260. The summed E-state index contributed by atoms with van der Waals surface area (Å²) in [5, 5.41) is 4.86. The number of fused-ring (bicyclic) bond motifs is 6. The molecule has 0 radical (unpaired) electrons. The van der Waals surface area contributed by atoms with E-state index >= 15 is 0 Å². The number of hydrogen-bond acceptors (Lipinski definition) is 2. The normalized spacial score (nSPS) is 11.6. The molecule has 4 nitrogen and oxygen atoms in total. The van der Waals surface area contributed by atoms with E-state index in [0.717, 1.165) is 72.6 Å². The highest BCUT2D eigenvalue weighted by Crippen LogP contribution is 2.44. The summed E-state index contributed by atoms with van der Waals surface area (Å²) in [5.74, 6) is 0.664. The van der Waals surface area contributed by atoms with Crippen molar-refractivity contribution in [1.82, 2.24) is 19.1 Å². The molecule has 0 saturated heterocycles. The fraction of sp³-hybridized carbons (Fsp3) is 0.0857. The predicted octanol–water partition coefficient (Wildman–Crippen LogP) is 18.5. The first-order valence-electron chi connectivity index (χ1n) is 25.6. The van der Waals surface area contributed by atoms with Gasteiger partial charge in [-0.3, -0.25) is 0 Å². The number of nitrogens with zero attached hydrogens (tertiary/aromatic N) is 4. The predicted molar refractivity (Wildman–Crippen MR) is 312 cm³/mol. The zero-order valence-corrected chi connectivity index (χ0v) is 42.6. The van der Waals surface area contributed by atoms with Gasteiger partial charge in [-0.25, -0.2) is 9.97 Å². The Labute approximate surface area is 432 Å². The lowest BCUT2D eigenvalue weighted by atomic mass is 9.93. The van der Waals surface area contributed by atoms with Gasteiger partial charge in [-0.15, -0.1) is 0 Å². The molecule has 3 heterocycles. The van der Waals surface area contributed by atoms with Crippen molar-refractivity contribution < 1.29 is 0 Å². The first kappa shape index (κ1) is 44.8. The van der Waals surface area contributed by atoms with E-state index < -0.39 is 0 Å². The molecule has 0 unspecified atom stereocenters. The molecule has 0 N–H and O–H groups in total. The summed E-state index contributed by atoms with van der Waals surface area (Å²) in [4.78, 5) is 10.7. The monoisotopic (exact) mass is 950 g/mol. The van der Waals surface area contributed by atoms with Gasteiger partial charge in [0, 0.05) is 49.4 Å². The van der Waals surface area contributed by atoms with Gasteiger partial charge in [-0.2, -0.15) is 0 Å². The molecular weight excluding hydrogens is 897 g/mol. The van der Waals surface area contributed by atoms with Crippen molar-refractivity contribution in [2.75, 3.05) is 0 Å². The van der Waals surface area contributed by atoms with Crippen LogP contribution in [-0.2, 0) is 0 Å². The van der Waals surface area contributed by atoms with Crippen LogP contribution in [0.2, 0.25) is 0 Å². The largest absolute Gasteiger partial charge is 0.309 e. The topological polar surface area (TPSA) is 35.6 Å². The zero-order valence-electron chi connectivity index (χ0n) is 42.6. The summed E-state index contributed by atoms with van der Waals surface area (Å²) in [7, 11) is 0. The number of benzene rings is 10. The van der Waals surface area contributed by atoms with Crippen LogP contribution in [0, 0.1) is 41.5 Å². The lowest BCUT2D eigenvalue weighted by Crippen LogP contribution is -2.03. The Morgan fingerprint density at radius 3 is 1.19 bits per heavy atom. The minimum Gasteiger partial charge on any atom is -0.309 e. The Morgan fingerprint density at radius 1 is 0.284 bits per heavy atom. The van der Waals surface area contributed by atoms with E-state index in [1.165, 1.54) is 77.2 Å². The highest BCUT2D eigenvalue weighted by molar-refractivity contribution is 6.13. The van der Waals surface area contributed by atoms with Crippen LogP contribution in [0.1, 0.15) is 33.4 Å². The van der Waals surface area contributed by atoms with E-state index in [2.05, 4.69) is 257 Å². The van der Waals surface area contributed by atoms with Gasteiger partial charge in [0.05, 0.1) is 44.8 Å². The summed E-state index contributed by atoms with van der Waals surface area (Å²) in [6.45, 7) is 13.3. The van der Waals surface area contributed by atoms with Gasteiger partial charge in [-0.05, 0) is 153 Å². The molecule has 0 aliphatic carbocycles. The van der Waals surface area contributed by atoms with E-state index in [1.54, 1.807) is 0 Å². The Morgan fingerprint density at radius 2 is 0.689 bits per heavy atom. The Hall–Kier alpha value is -9.12. The summed E-state index contributed by atoms with van der Waals surface area (Å²) in [6, 6.07) is 79.7. The van der Waals surface area contributed by atoms with Crippen LogP contribution in [0.15, 0.2) is 218 Å². The van der Waals surface area contributed by atoms with Gasteiger partial charge in [0.2, 0.25) is 0 Å². The number of hydrogen-bond donors (Lipinski definition) is 0. The zero-order chi connectivity index (χ0) is 50.2. The van der Waals surface area contributed by atoms with E-state index in [-0.39, 0.29) is 0 Å². The van der Waals surface area contributed by atoms with Crippen LogP contribution in [-0.4, -0.2) is 19.1 Å². The van der Waals surface area contributed by atoms with Crippen molar-refractivity contribution in [2.24, 2.45) is 0 Å². The average Bonchev–Trinajstić information content (AvgIpc) is 3.93. The number of aryl methyl sites for hydroxylation is 6. The highest BCUT2D eigenvalue weighted by atomic mass is 15.0. The third-order valence-corrected chi connectivity index (χ3v) is 15.1. The Balaban J connectivity index is 1.09. The molecule has 0 bridgehead atoms. The maximum atomic E-state index is 5.37. The molecule has 354 valence electrons. The van der Waals surface area contributed by atoms with Crippen molar-refractivity contribution in [3.63, 3.8) is 0 Å². The summed E-state index contributed by atoms with van der Waals surface area (Å²) in [5.41, 5.74) is 26.4. The third kappa shape index (κ3) is 7.52. The fourth-order valence-corrected chi connectivity index (χ4v) is 12.1. The van der Waals surface area contributed by atoms with E-state index in [9.17, 15) is 0 Å². The van der Waals surface area contributed by atoms with Gasteiger partial charge >= 0.3 is 0 Å². The van der Waals surface area contributed by atoms with Crippen LogP contribution < -0.4 is 0 Å². The minimum absolute atomic E-state index is 0.664. The average molecular weight is 951 g/mol. The van der Waals surface area contributed by atoms with Crippen molar-refractivity contribution in [2.45, 2.75) is 41.5 Å². The quantitative estimate of drug-likeness (QED) is 0.152. The molecule has 0 aliphatic rings. The van der Waals surface area contributed by atoms with Gasteiger partial charge in [0.1, 0.15) is 0 Å². The van der Waals surface area contributed by atoms with Gasteiger partial charge in [0.25, 0.3) is 0 Å². The lowest BCUT2D eigenvalue weighted by molar-refractivity contribution is 1.15. The fourth-order valence-electron chi connectivity index (χ4n) is 12.1. The summed E-state index contributed by atoms with van der Waals surface area (Å²) >= 11 is 0. The maximum absolute atomic E-state index is 5.37. The number of para-hydroxylation sites is 3. The first-order chi connectivity index (χ1) is 36.2. The molecular formula is C70H54N4. The molecule has 0 saturated carbocycles. The SMILES string of the molecule is Cc1cc(C)c(-c2ccc3c(c2)c2ccccc2n3-c2ccccc2-c2cc(-c3nc(-c4ccccc4)cc(-c4ccccc4)n3)ccc2-n2c3ccccc3c3cc(-c4c(C)cc(C)cc4C)ccc32)c(C)c1. The molecule has 3 aromatic heterocycles. The molecule has 13 rings (SSSR count). The van der Waals surface area contributed by atoms with Crippen molar-refractivity contribution in [1.29, 1.82) is 0 Å². The van der Waals surface area contributed by atoms with Crippen LogP contribution in [0.3, 0.4) is 0 Å². The summed E-state index contributed by atoms with van der Waals surface area (Å²) in [6.07, 6.45) is 0. The molecule has 74 heavy (non-hydrogen) atoms. The van der Waals surface area contributed by atoms with Crippen LogP contribution in [0.25, 0.3) is 122 Å². The minimum atomic E-state index is 0.664. The molecule has 0 spiro atoms. The first-order valence-corrected chi connectivity index (χ1v) is 25.6. The van der Waals surface area contributed by atoms with Crippen LogP contribution in [0.5, 0.6) is 0 Å². The molecule has 10 aromatic carbocycles. The van der Waals surface area contributed by atoms with E-state index in [1.807, 2.05) is 12.1 Å². The summed E-state index contributed by atoms with van der Waals surface area (Å²) < 4.78 is 4.94. The smallest absolute Gasteiger partial charge is 0.160 e. The molecule has 0 atom stereocenters. The second-order valence-corrected chi connectivity index (χ2v) is 20.2. The standard InChI is InChI=1S/C70H54N4/c1-43-35-45(3)68(46(4)36-43)51-29-32-65-57(39-51)54-23-13-16-26-62(54)73(65)63-27-17-15-25-56(63)59-41-53(70-71-60(49-19-9-7-10-20-49)42-61(72-70)50-21-11-8-12-22-50)31-34-67(59)74-64-28-18-14-24-55(64)58-40-52(30-33-66(58)74)69-47(5)37-44(2)38-48(69)6/h7-42H,1-6H3. The van der Waals surface area contributed by atoms with Crippen LogP contribution in [0.4, 0.5) is 0 Å².